The Morgan fingerprint density at radius 1 is 1.33 bits per heavy atom. The lowest BCUT2D eigenvalue weighted by Gasteiger charge is -2.15. The van der Waals surface area contributed by atoms with Crippen LogP contribution in [-0.4, -0.2) is 47.0 Å². The monoisotopic (exact) mass is 326 g/mol. The van der Waals surface area contributed by atoms with Gasteiger partial charge in [-0.25, -0.2) is 4.98 Å². The second-order valence-corrected chi connectivity index (χ2v) is 6.11. The number of amides is 1. The van der Waals surface area contributed by atoms with Crippen LogP contribution in [0.2, 0.25) is 0 Å². The van der Waals surface area contributed by atoms with Crippen LogP contribution in [-0.2, 0) is 0 Å². The van der Waals surface area contributed by atoms with Crippen molar-refractivity contribution in [2.75, 3.05) is 31.6 Å². The number of rotatable bonds is 6. The van der Waals surface area contributed by atoms with Crippen molar-refractivity contribution < 1.29 is 9.53 Å². The molecule has 24 heavy (non-hydrogen) atoms. The Hall–Kier alpha value is -2.47. The van der Waals surface area contributed by atoms with Crippen molar-refractivity contribution in [3.8, 4) is 5.75 Å². The molecule has 1 aromatic heterocycles. The third kappa shape index (κ3) is 4.52. The predicted octanol–water partition coefficient (Wildman–Crippen LogP) is 2.45. The fraction of sp³-hybridized carbons (Fsp3) is 0.389. The Balaban J connectivity index is 1.46. The van der Waals surface area contributed by atoms with Crippen LogP contribution >= 0.6 is 0 Å². The summed E-state index contributed by atoms with van der Waals surface area (Å²) in [5, 5.41) is 2.79. The Bertz CT molecular complexity index is 660. The van der Waals surface area contributed by atoms with E-state index in [0.717, 1.165) is 31.3 Å². The van der Waals surface area contributed by atoms with Gasteiger partial charge in [-0.1, -0.05) is 6.92 Å². The molecule has 1 aromatic carbocycles. The van der Waals surface area contributed by atoms with Gasteiger partial charge in [-0.15, -0.1) is 0 Å². The molecule has 0 saturated carbocycles. The average Bonchev–Trinajstić information content (AvgIpc) is 3.02. The van der Waals surface area contributed by atoms with Crippen LogP contribution in [0.1, 0.15) is 23.8 Å². The highest BCUT2D eigenvalue weighted by molar-refractivity contribution is 6.02. The minimum Gasteiger partial charge on any atom is -0.492 e. The van der Waals surface area contributed by atoms with Crippen LogP contribution in [0.25, 0.3) is 0 Å². The Morgan fingerprint density at radius 2 is 2.17 bits per heavy atom. The molecule has 1 unspecified atom stereocenters. The fourth-order valence-corrected chi connectivity index (χ4v) is 2.77. The molecule has 126 valence electrons. The number of anilines is 1. The van der Waals surface area contributed by atoms with Gasteiger partial charge in [0.2, 0.25) is 0 Å². The largest absolute Gasteiger partial charge is 0.492 e. The van der Waals surface area contributed by atoms with E-state index in [1.54, 1.807) is 0 Å². The molecular weight excluding hydrogens is 304 g/mol. The van der Waals surface area contributed by atoms with Gasteiger partial charge in [0.1, 0.15) is 18.1 Å². The van der Waals surface area contributed by atoms with E-state index >= 15 is 0 Å². The lowest BCUT2D eigenvalue weighted by Crippen LogP contribution is -2.25. The summed E-state index contributed by atoms with van der Waals surface area (Å²) in [5.74, 6) is 1.32. The van der Waals surface area contributed by atoms with Crippen molar-refractivity contribution in [2.45, 2.75) is 13.3 Å². The quantitative estimate of drug-likeness (QED) is 0.883. The molecule has 1 atom stereocenters. The highest BCUT2D eigenvalue weighted by atomic mass is 16.5. The molecule has 0 spiro atoms. The van der Waals surface area contributed by atoms with E-state index in [2.05, 4.69) is 27.1 Å². The summed E-state index contributed by atoms with van der Waals surface area (Å²) in [6, 6.07) is 7.36. The molecule has 3 rings (SSSR count). The number of likely N-dealkylation sites (tertiary alicyclic amines) is 1. The smallest absolute Gasteiger partial charge is 0.275 e. The van der Waals surface area contributed by atoms with Gasteiger partial charge in [0.25, 0.3) is 5.91 Å². The molecule has 0 bridgehead atoms. The summed E-state index contributed by atoms with van der Waals surface area (Å²) in [5.41, 5.74) is 0.990. The number of carbonyl (C=O) groups is 1. The van der Waals surface area contributed by atoms with Gasteiger partial charge in [-0.05, 0) is 43.1 Å². The number of benzene rings is 1. The first-order chi connectivity index (χ1) is 11.7. The predicted molar refractivity (Wildman–Crippen MR) is 92.1 cm³/mol. The number of carbonyl (C=O) groups excluding carboxylic acids is 1. The molecule has 1 aliphatic rings. The van der Waals surface area contributed by atoms with Crippen molar-refractivity contribution in [3.63, 3.8) is 0 Å². The third-order valence-corrected chi connectivity index (χ3v) is 4.09. The van der Waals surface area contributed by atoms with E-state index in [1.165, 1.54) is 25.0 Å². The lowest BCUT2D eigenvalue weighted by molar-refractivity contribution is 0.102. The van der Waals surface area contributed by atoms with E-state index in [9.17, 15) is 4.79 Å². The first kappa shape index (κ1) is 16.4. The zero-order valence-electron chi connectivity index (χ0n) is 13.8. The summed E-state index contributed by atoms with van der Waals surface area (Å²) in [7, 11) is 0. The highest BCUT2D eigenvalue weighted by Gasteiger charge is 2.17. The Morgan fingerprint density at radius 3 is 2.83 bits per heavy atom. The second-order valence-electron chi connectivity index (χ2n) is 6.11. The SMILES string of the molecule is CC1CCN(CCOc2ccc(NC(=O)c3cnccn3)cc2)C1. The molecule has 1 saturated heterocycles. The van der Waals surface area contributed by atoms with Crippen molar-refractivity contribution >= 4 is 11.6 Å². The molecule has 1 aliphatic heterocycles. The van der Waals surface area contributed by atoms with Crippen LogP contribution in [0.3, 0.4) is 0 Å². The summed E-state index contributed by atoms with van der Waals surface area (Å²) in [6.07, 6.45) is 5.74. The third-order valence-electron chi connectivity index (χ3n) is 4.09. The minimum absolute atomic E-state index is 0.278. The molecule has 0 aliphatic carbocycles. The van der Waals surface area contributed by atoms with Crippen LogP contribution in [0, 0.1) is 5.92 Å². The van der Waals surface area contributed by atoms with Gasteiger partial charge in [-0.2, -0.15) is 0 Å². The average molecular weight is 326 g/mol. The molecule has 1 N–H and O–H groups in total. The molecule has 6 nitrogen and oxygen atoms in total. The van der Waals surface area contributed by atoms with E-state index in [-0.39, 0.29) is 11.6 Å². The number of hydrogen-bond donors (Lipinski definition) is 1. The topological polar surface area (TPSA) is 67.3 Å². The van der Waals surface area contributed by atoms with Crippen molar-refractivity contribution in [2.24, 2.45) is 5.92 Å². The van der Waals surface area contributed by atoms with Gasteiger partial charge in [-0.3, -0.25) is 14.7 Å². The maximum Gasteiger partial charge on any atom is 0.275 e. The van der Waals surface area contributed by atoms with Gasteiger partial charge >= 0.3 is 0 Å². The minimum atomic E-state index is -0.278. The number of nitrogens with zero attached hydrogens (tertiary/aromatic N) is 3. The van der Waals surface area contributed by atoms with E-state index in [4.69, 9.17) is 4.74 Å². The van der Waals surface area contributed by atoms with Crippen LogP contribution in [0.15, 0.2) is 42.9 Å². The first-order valence-electron chi connectivity index (χ1n) is 8.23. The van der Waals surface area contributed by atoms with Gasteiger partial charge < -0.3 is 10.1 Å². The highest BCUT2D eigenvalue weighted by Crippen LogP contribution is 2.17. The Labute approximate surface area is 141 Å². The number of aromatic nitrogens is 2. The number of hydrogen-bond acceptors (Lipinski definition) is 5. The van der Waals surface area contributed by atoms with Crippen LogP contribution in [0.5, 0.6) is 5.75 Å². The molecule has 1 amide bonds. The number of nitrogens with one attached hydrogen (secondary N) is 1. The van der Waals surface area contributed by atoms with Crippen molar-refractivity contribution in [1.82, 2.24) is 14.9 Å². The normalized spacial score (nSPS) is 17.6. The van der Waals surface area contributed by atoms with Gasteiger partial charge in [0.15, 0.2) is 0 Å². The summed E-state index contributed by atoms with van der Waals surface area (Å²) < 4.78 is 5.77. The number of ether oxygens (including phenoxy) is 1. The Kier molecular flexibility index (Phi) is 5.38. The molecule has 2 heterocycles. The van der Waals surface area contributed by atoms with Gasteiger partial charge in [0.05, 0.1) is 6.20 Å². The van der Waals surface area contributed by atoms with Gasteiger partial charge in [0, 0.05) is 31.2 Å². The maximum atomic E-state index is 12.0. The second kappa shape index (κ2) is 7.88. The van der Waals surface area contributed by atoms with Crippen LogP contribution < -0.4 is 10.1 Å². The molecule has 0 radical (unpaired) electrons. The van der Waals surface area contributed by atoms with Crippen molar-refractivity contribution in [1.29, 1.82) is 0 Å². The fourth-order valence-electron chi connectivity index (χ4n) is 2.77. The molecule has 6 heteroatoms. The first-order valence-corrected chi connectivity index (χ1v) is 8.23. The summed E-state index contributed by atoms with van der Waals surface area (Å²) in [6.45, 7) is 6.25. The van der Waals surface area contributed by atoms with E-state index < -0.39 is 0 Å². The van der Waals surface area contributed by atoms with Crippen LogP contribution in [0.4, 0.5) is 5.69 Å². The standard InChI is InChI=1S/C18H22N4O2/c1-14-6-9-22(13-14)10-11-24-16-4-2-15(3-5-16)21-18(23)17-12-19-7-8-20-17/h2-5,7-8,12,14H,6,9-11,13H2,1H3,(H,21,23). The summed E-state index contributed by atoms with van der Waals surface area (Å²) >= 11 is 0. The van der Waals surface area contributed by atoms with E-state index in [1.807, 2.05) is 24.3 Å². The molecule has 2 aromatic rings. The zero-order valence-corrected chi connectivity index (χ0v) is 13.8. The lowest BCUT2D eigenvalue weighted by atomic mass is 10.2. The molecular formula is C18H22N4O2. The molecule has 1 fully saturated rings. The zero-order chi connectivity index (χ0) is 16.8. The van der Waals surface area contributed by atoms with Crippen molar-refractivity contribution in [3.05, 3.63) is 48.5 Å². The summed E-state index contributed by atoms with van der Waals surface area (Å²) in [4.78, 5) is 22.3. The maximum absolute atomic E-state index is 12.0. The van der Waals surface area contributed by atoms with E-state index in [0.29, 0.717) is 12.3 Å².